The first-order valence-corrected chi connectivity index (χ1v) is 4.71. The lowest BCUT2D eigenvalue weighted by molar-refractivity contribution is 0.714. The van der Waals surface area contributed by atoms with Crippen molar-refractivity contribution in [2.45, 2.75) is 19.3 Å². The molecule has 0 rings (SSSR count). The molecule has 0 aromatic rings. The maximum absolute atomic E-state index is 5.23. The lowest BCUT2D eigenvalue weighted by atomic mass is 10.3. The third kappa shape index (κ3) is 6.98. The van der Waals surface area contributed by atoms with E-state index < -0.39 is 0 Å². The van der Waals surface area contributed by atoms with E-state index in [1.54, 1.807) is 0 Å². The van der Waals surface area contributed by atoms with Gasteiger partial charge in [0.1, 0.15) is 0 Å². The van der Waals surface area contributed by atoms with Gasteiger partial charge in [0.2, 0.25) is 0 Å². The Balaban J connectivity index is 2.53. The summed E-state index contributed by atoms with van der Waals surface area (Å²) >= 11 is 7.61. The van der Waals surface area contributed by atoms with E-state index in [4.69, 9.17) is 11.8 Å². The molecule has 0 saturated carbocycles. The number of alkyl halides is 1. The summed E-state index contributed by atoms with van der Waals surface area (Å²) in [5, 5.41) is 0. The highest BCUT2D eigenvalue weighted by Crippen LogP contribution is 1.97. The second-order valence-electron chi connectivity index (χ2n) is 1.63. The van der Waals surface area contributed by atoms with Crippen molar-refractivity contribution in [3.63, 3.8) is 0 Å². The molecular formula is C5H11ClIN. The van der Waals surface area contributed by atoms with E-state index in [0.717, 1.165) is 6.54 Å². The zero-order valence-corrected chi connectivity index (χ0v) is 7.70. The molecule has 0 aliphatic heterocycles. The van der Waals surface area contributed by atoms with Gasteiger partial charge in [-0.25, -0.2) is 4.84 Å². The molecule has 0 aromatic heterocycles. The van der Waals surface area contributed by atoms with Crippen LogP contribution < -0.4 is 4.84 Å². The fourth-order valence-electron chi connectivity index (χ4n) is 0.463. The first-order valence-electron chi connectivity index (χ1n) is 2.81. The van der Waals surface area contributed by atoms with Crippen LogP contribution in [0.4, 0.5) is 0 Å². The fraction of sp³-hybridized carbons (Fsp3) is 1.00. The predicted molar refractivity (Wildman–Crippen MR) is 46.6 cm³/mol. The summed E-state index contributed by atoms with van der Waals surface area (Å²) in [7, 11) is 0. The maximum atomic E-state index is 5.23. The molecule has 0 aliphatic carbocycles. The van der Waals surface area contributed by atoms with E-state index in [1.165, 1.54) is 23.7 Å². The number of hydrogen-bond acceptors (Lipinski definition) is 1. The molecule has 8 heavy (non-hydrogen) atoms. The van der Waals surface area contributed by atoms with Gasteiger partial charge in [0.15, 0.2) is 0 Å². The van der Waals surface area contributed by atoms with Crippen LogP contribution in [0.5, 0.6) is 0 Å². The number of halogens is 2. The standard InChI is InChI=1S/C5H11ClIN/c6-8-5-3-1-2-4-7/h8H,1-5H2. The largest absolute Gasteiger partial charge is 0.234 e. The Morgan fingerprint density at radius 3 is 2.50 bits per heavy atom. The number of nitrogens with one attached hydrogen (secondary N) is 1. The van der Waals surface area contributed by atoms with Crippen molar-refractivity contribution < 1.29 is 0 Å². The molecule has 0 atom stereocenters. The lowest BCUT2D eigenvalue weighted by Gasteiger charge is -1.93. The molecule has 0 unspecified atom stereocenters. The van der Waals surface area contributed by atoms with Crippen molar-refractivity contribution in [1.82, 2.24) is 4.84 Å². The average Bonchev–Trinajstić information content (AvgIpc) is 1.81. The Hall–Kier alpha value is 0.980. The van der Waals surface area contributed by atoms with E-state index in [2.05, 4.69) is 27.4 Å². The molecule has 50 valence electrons. The highest BCUT2D eigenvalue weighted by Gasteiger charge is 1.84. The van der Waals surface area contributed by atoms with Gasteiger partial charge < -0.3 is 0 Å². The molecule has 3 heteroatoms. The third-order valence-electron chi connectivity index (χ3n) is 0.905. The average molecular weight is 248 g/mol. The Morgan fingerprint density at radius 1 is 1.25 bits per heavy atom. The van der Waals surface area contributed by atoms with Gasteiger partial charge in [-0.2, -0.15) is 0 Å². The molecule has 1 nitrogen and oxygen atoms in total. The van der Waals surface area contributed by atoms with Crippen molar-refractivity contribution in [1.29, 1.82) is 0 Å². The second-order valence-corrected chi connectivity index (χ2v) is 2.98. The summed E-state index contributed by atoms with van der Waals surface area (Å²) in [4.78, 5) is 2.60. The molecule has 0 saturated heterocycles. The second kappa shape index (κ2) is 7.98. The Bertz CT molecular complexity index is 37.4. The van der Waals surface area contributed by atoms with Crippen LogP contribution in [0.3, 0.4) is 0 Å². The van der Waals surface area contributed by atoms with Crippen LogP contribution in [0.15, 0.2) is 0 Å². The molecule has 0 fully saturated rings. The van der Waals surface area contributed by atoms with Crippen LogP contribution in [0, 0.1) is 0 Å². The smallest absolute Gasteiger partial charge is 0.0108 e. The van der Waals surface area contributed by atoms with Crippen LogP contribution in [-0.4, -0.2) is 11.0 Å². The molecular weight excluding hydrogens is 236 g/mol. The molecule has 0 radical (unpaired) electrons. The molecule has 0 bridgehead atoms. The maximum Gasteiger partial charge on any atom is 0.0108 e. The minimum Gasteiger partial charge on any atom is -0.234 e. The molecule has 1 N–H and O–H groups in total. The van der Waals surface area contributed by atoms with Crippen LogP contribution in [0.2, 0.25) is 0 Å². The third-order valence-corrected chi connectivity index (χ3v) is 1.86. The van der Waals surface area contributed by atoms with E-state index in [1.807, 2.05) is 0 Å². The molecule has 0 heterocycles. The number of unbranched alkanes of at least 4 members (excludes halogenated alkanes) is 2. The van der Waals surface area contributed by atoms with Gasteiger partial charge in [-0.05, 0) is 29.0 Å². The van der Waals surface area contributed by atoms with Gasteiger partial charge >= 0.3 is 0 Å². The zero-order chi connectivity index (χ0) is 6.24. The lowest BCUT2D eigenvalue weighted by Crippen LogP contribution is -1.99. The van der Waals surface area contributed by atoms with E-state index in [9.17, 15) is 0 Å². The Labute approximate surface area is 69.4 Å². The van der Waals surface area contributed by atoms with Crippen molar-refractivity contribution in [3.8, 4) is 0 Å². The van der Waals surface area contributed by atoms with Gasteiger partial charge in [0.05, 0.1) is 0 Å². The SMILES string of the molecule is ClNCCCCCI. The minimum absolute atomic E-state index is 0.943. The number of hydrogen-bond donors (Lipinski definition) is 1. The molecule has 0 amide bonds. The molecule has 0 spiro atoms. The summed E-state index contributed by atoms with van der Waals surface area (Å²) < 4.78 is 1.26. The first kappa shape index (κ1) is 8.98. The Kier molecular flexibility index (Phi) is 8.96. The predicted octanol–water partition coefficient (Wildman–Crippen LogP) is 2.34. The van der Waals surface area contributed by atoms with Gasteiger partial charge in [-0.3, -0.25) is 0 Å². The normalized spacial score (nSPS) is 9.75. The van der Waals surface area contributed by atoms with Crippen LogP contribution in [0.25, 0.3) is 0 Å². The summed E-state index contributed by atoms with van der Waals surface area (Å²) in [5.74, 6) is 0. The van der Waals surface area contributed by atoms with Crippen LogP contribution in [-0.2, 0) is 0 Å². The highest BCUT2D eigenvalue weighted by molar-refractivity contribution is 14.1. The van der Waals surface area contributed by atoms with Gasteiger partial charge in [-0.15, -0.1) is 0 Å². The van der Waals surface area contributed by atoms with Gasteiger partial charge in [0.25, 0.3) is 0 Å². The van der Waals surface area contributed by atoms with Crippen LogP contribution in [0.1, 0.15) is 19.3 Å². The number of rotatable bonds is 5. The summed E-state index contributed by atoms with van der Waals surface area (Å²) in [6, 6.07) is 0. The van der Waals surface area contributed by atoms with E-state index in [0.29, 0.717) is 0 Å². The van der Waals surface area contributed by atoms with E-state index in [-0.39, 0.29) is 0 Å². The molecule has 0 aliphatic rings. The van der Waals surface area contributed by atoms with Crippen molar-refractivity contribution in [3.05, 3.63) is 0 Å². The van der Waals surface area contributed by atoms with Crippen molar-refractivity contribution >= 4 is 34.4 Å². The Morgan fingerprint density at radius 2 is 2.00 bits per heavy atom. The van der Waals surface area contributed by atoms with Gasteiger partial charge in [0, 0.05) is 6.54 Å². The van der Waals surface area contributed by atoms with Crippen molar-refractivity contribution in [2.75, 3.05) is 11.0 Å². The van der Waals surface area contributed by atoms with Crippen molar-refractivity contribution in [2.24, 2.45) is 0 Å². The first-order chi connectivity index (χ1) is 3.91. The van der Waals surface area contributed by atoms with Crippen LogP contribution >= 0.6 is 34.4 Å². The summed E-state index contributed by atoms with van der Waals surface area (Å²) in [5.41, 5.74) is 0. The monoisotopic (exact) mass is 247 g/mol. The highest BCUT2D eigenvalue weighted by atomic mass is 127. The minimum atomic E-state index is 0.943. The van der Waals surface area contributed by atoms with Gasteiger partial charge in [-0.1, -0.05) is 29.0 Å². The summed E-state index contributed by atoms with van der Waals surface area (Å²) in [6.07, 6.45) is 3.81. The quantitative estimate of drug-likeness (QED) is 0.340. The zero-order valence-electron chi connectivity index (χ0n) is 4.79. The molecule has 0 aromatic carbocycles. The fourth-order valence-corrected chi connectivity index (χ4v) is 1.14. The van der Waals surface area contributed by atoms with E-state index >= 15 is 0 Å². The topological polar surface area (TPSA) is 12.0 Å². The summed E-state index contributed by atoms with van der Waals surface area (Å²) in [6.45, 7) is 0.943.